The zero-order chi connectivity index (χ0) is 22.0. The summed E-state index contributed by atoms with van der Waals surface area (Å²) in [4.78, 5) is 37.0. The normalized spacial score (nSPS) is 16.8. The first-order valence-electron chi connectivity index (χ1n) is 9.97. The Bertz CT molecular complexity index is 1080. The van der Waals surface area contributed by atoms with Crippen molar-refractivity contribution in [3.8, 4) is 0 Å². The summed E-state index contributed by atoms with van der Waals surface area (Å²) >= 11 is 0. The number of piperidine rings is 1. The monoisotopic (exact) mass is 445 g/mol. The summed E-state index contributed by atoms with van der Waals surface area (Å²) in [6.45, 7) is 1.33. The molecule has 31 heavy (non-hydrogen) atoms. The summed E-state index contributed by atoms with van der Waals surface area (Å²) in [5.41, 5.74) is 1.34. The first-order valence-corrected chi connectivity index (χ1v) is 11.5. The van der Waals surface area contributed by atoms with Crippen LogP contribution < -0.4 is 14.9 Å². The maximum Gasteiger partial charge on any atom is 0.309 e. The fraction of sp³-hybridized carbons (Fsp3) is 0.400. The molecule has 2 aliphatic heterocycles. The second-order valence-corrected chi connectivity index (χ2v) is 9.11. The number of hydrogen-bond acceptors (Lipinski definition) is 8. The minimum absolute atomic E-state index is 0.0132. The average molecular weight is 446 g/mol. The van der Waals surface area contributed by atoms with E-state index < -0.39 is 10.0 Å². The van der Waals surface area contributed by atoms with E-state index in [1.165, 1.54) is 17.0 Å². The molecule has 0 spiro atoms. The fourth-order valence-corrected chi connectivity index (χ4v) is 4.48. The van der Waals surface area contributed by atoms with Crippen molar-refractivity contribution in [3.05, 3.63) is 42.2 Å². The van der Waals surface area contributed by atoms with Gasteiger partial charge in [-0.05, 0) is 49.1 Å². The minimum Gasteiger partial charge on any atom is -0.455 e. The third-order valence-corrected chi connectivity index (χ3v) is 6.49. The van der Waals surface area contributed by atoms with Crippen LogP contribution in [0.4, 0.5) is 11.6 Å². The molecule has 164 valence electrons. The molecule has 0 radical (unpaired) electrons. The number of sulfonamides is 1. The van der Waals surface area contributed by atoms with Crippen LogP contribution in [0.2, 0.25) is 0 Å². The third-order valence-electron chi connectivity index (χ3n) is 5.58. The van der Waals surface area contributed by atoms with Crippen molar-refractivity contribution in [1.82, 2.24) is 9.97 Å². The summed E-state index contributed by atoms with van der Waals surface area (Å²) in [5.74, 6) is -0.352. The number of nitrogens with zero attached hydrogens (tertiary/aromatic N) is 4. The molecule has 11 heteroatoms. The van der Waals surface area contributed by atoms with Gasteiger partial charge in [0.1, 0.15) is 0 Å². The smallest absolute Gasteiger partial charge is 0.309 e. The summed E-state index contributed by atoms with van der Waals surface area (Å²) in [5, 5.41) is 5.16. The minimum atomic E-state index is -3.80. The first kappa shape index (κ1) is 21.2. The number of anilines is 2. The van der Waals surface area contributed by atoms with E-state index in [0.29, 0.717) is 50.5 Å². The van der Waals surface area contributed by atoms with Crippen LogP contribution in [0.15, 0.2) is 41.6 Å². The molecule has 2 aliphatic rings. The summed E-state index contributed by atoms with van der Waals surface area (Å²) < 4.78 is 28.3. The van der Waals surface area contributed by atoms with Gasteiger partial charge in [0, 0.05) is 37.7 Å². The summed E-state index contributed by atoms with van der Waals surface area (Å²) in [7, 11) is -3.80. The number of esters is 1. The molecule has 0 saturated carbocycles. The molecule has 1 saturated heterocycles. The Labute approximate surface area is 180 Å². The number of fused-ring (bicyclic) bond motifs is 1. The molecule has 0 atom stereocenters. The van der Waals surface area contributed by atoms with E-state index in [2.05, 4.69) is 9.97 Å². The highest BCUT2D eigenvalue weighted by atomic mass is 32.2. The van der Waals surface area contributed by atoms with Gasteiger partial charge in [-0.15, -0.1) is 0 Å². The van der Waals surface area contributed by atoms with Crippen molar-refractivity contribution in [2.45, 2.75) is 24.2 Å². The van der Waals surface area contributed by atoms with Gasteiger partial charge in [-0.2, -0.15) is 0 Å². The van der Waals surface area contributed by atoms with Gasteiger partial charge in [0.05, 0.1) is 10.8 Å². The van der Waals surface area contributed by atoms with E-state index in [4.69, 9.17) is 9.88 Å². The Balaban J connectivity index is 1.30. The number of nitrogens with two attached hydrogens (primary N) is 1. The highest BCUT2D eigenvalue weighted by Crippen LogP contribution is 2.30. The Morgan fingerprint density at radius 2 is 1.84 bits per heavy atom. The maximum atomic E-state index is 12.6. The molecular weight excluding hydrogens is 422 g/mol. The van der Waals surface area contributed by atoms with Crippen LogP contribution in [0.25, 0.3) is 0 Å². The summed E-state index contributed by atoms with van der Waals surface area (Å²) in [6.07, 6.45) is 5.09. The van der Waals surface area contributed by atoms with Crippen molar-refractivity contribution in [2.75, 3.05) is 36.0 Å². The average Bonchev–Trinajstić information content (AvgIpc) is 3.21. The molecule has 2 aromatic rings. The molecule has 10 nitrogen and oxygen atoms in total. The molecular formula is C20H23N5O5S. The van der Waals surface area contributed by atoms with Crippen LogP contribution in [0.5, 0.6) is 0 Å². The number of aromatic nitrogens is 2. The van der Waals surface area contributed by atoms with Gasteiger partial charge in [-0.1, -0.05) is 0 Å². The van der Waals surface area contributed by atoms with Crippen molar-refractivity contribution >= 4 is 33.5 Å². The highest BCUT2D eigenvalue weighted by molar-refractivity contribution is 7.89. The van der Waals surface area contributed by atoms with Crippen molar-refractivity contribution < 1.29 is 22.7 Å². The third kappa shape index (κ3) is 4.67. The standard InChI is InChI=1S/C20H23N5O5S/c21-31(28,29)16-2-3-17-15(12-16)6-11-25(17)18(26)13-30-19(27)14-4-9-24(10-5-14)20-22-7-1-8-23-20/h1-3,7-8,12,14H,4-6,9-11,13H2,(H2,21,28,29). The second-order valence-electron chi connectivity index (χ2n) is 7.55. The predicted octanol–water partition coefficient (Wildman–Crippen LogP) is 0.473. The van der Waals surface area contributed by atoms with E-state index in [1.807, 2.05) is 4.90 Å². The van der Waals surface area contributed by atoms with Gasteiger partial charge >= 0.3 is 5.97 Å². The lowest BCUT2D eigenvalue weighted by atomic mass is 9.97. The van der Waals surface area contributed by atoms with E-state index in [9.17, 15) is 18.0 Å². The molecule has 0 aliphatic carbocycles. The highest BCUT2D eigenvalue weighted by Gasteiger charge is 2.30. The van der Waals surface area contributed by atoms with E-state index >= 15 is 0 Å². The van der Waals surface area contributed by atoms with Crippen molar-refractivity contribution in [3.63, 3.8) is 0 Å². The lowest BCUT2D eigenvalue weighted by Gasteiger charge is -2.30. The topological polar surface area (TPSA) is 136 Å². The predicted molar refractivity (Wildman–Crippen MR) is 112 cm³/mol. The second kappa shape index (κ2) is 8.60. The Morgan fingerprint density at radius 3 is 2.52 bits per heavy atom. The molecule has 1 amide bonds. The van der Waals surface area contributed by atoms with E-state index in [1.54, 1.807) is 24.5 Å². The largest absolute Gasteiger partial charge is 0.455 e. The lowest BCUT2D eigenvalue weighted by Crippen LogP contribution is -2.39. The van der Waals surface area contributed by atoms with Crippen LogP contribution in [-0.4, -0.2) is 56.5 Å². The van der Waals surface area contributed by atoms with Crippen LogP contribution >= 0.6 is 0 Å². The number of rotatable bonds is 5. The van der Waals surface area contributed by atoms with Crippen molar-refractivity contribution in [2.24, 2.45) is 11.1 Å². The van der Waals surface area contributed by atoms with E-state index in [-0.39, 0.29) is 29.3 Å². The van der Waals surface area contributed by atoms with Gasteiger partial charge in [0.2, 0.25) is 16.0 Å². The Kier molecular flexibility index (Phi) is 5.88. The molecule has 1 aromatic carbocycles. The molecule has 0 unspecified atom stereocenters. The molecule has 4 rings (SSSR count). The van der Waals surface area contributed by atoms with Gasteiger partial charge in [-0.3, -0.25) is 9.59 Å². The summed E-state index contributed by atoms with van der Waals surface area (Å²) in [6, 6.07) is 6.16. The number of amides is 1. The number of hydrogen-bond donors (Lipinski definition) is 1. The maximum absolute atomic E-state index is 12.6. The number of carbonyl (C=O) groups is 2. The number of primary sulfonamides is 1. The Morgan fingerprint density at radius 1 is 1.13 bits per heavy atom. The molecule has 2 N–H and O–H groups in total. The van der Waals surface area contributed by atoms with Gasteiger partial charge in [-0.25, -0.2) is 23.5 Å². The molecule has 1 aromatic heterocycles. The molecule has 3 heterocycles. The van der Waals surface area contributed by atoms with Gasteiger partial charge in [0.25, 0.3) is 5.91 Å². The van der Waals surface area contributed by atoms with Crippen LogP contribution in [-0.2, 0) is 30.8 Å². The van der Waals surface area contributed by atoms with E-state index in [0.717, 1.165) is 5.56 Å². The SMILES string of the molecule is NS(=O)(=O)c1ccc2c(c1)CCN2C(=O)COC(=O)C1CCN(c2ncccn2)CC1. The molecule has 1 fully saturated rings. The number of carbonyl (C=O) groups excluding carboxylic acids is 2. The van der Waals surface area contributed by atoms with Crippen LogP contribution in [0.1, 0.15) is 18.4 Å². The van der Waals surface area contributed by atoms with Crippen molar-refractivity contribution in [1.29, 1.82) is 0 Å². The number of benzene rings is 1. The number of ether oxygens (including phenoxy) is 1. The van der Waals surface area contributed by atoms with Crippen LogP contribution in [0.3, 0.4) is 0 Å². The lowest BCUT2D eigenvalue weighted by molar-refractivity contribution is -0.152. The van der Waals surface area contributed by atoms with Crippen LogP contribution in [0, 0.1) is 5.92 Å². The Hall–Kier alpha value is -3.05. The first-order chi connectivity index (χ1) is 14.8. The molecule has 0 bridgehead atoms. The van der Waals surface area contributed by atoms with Gasteiger partial charge in [0.15, 0.2) is 6.61 Å². The zero-order valence-corrected chi connectivity index (χ0v) is 17.6. The zero-order valence-electron chi connectivity index (χ0n) is 16.8. The quantitative estimate of drug-likeness (QED) is 0.656. The fourth-order valence-electron chi connectivity index (χ4n) is 3.91. The van der Waals surface area contributed by atoms with Gasteiger partial charge < -0.3 is 14.5 Å².